The quantitative estimate of drug-likeness (QED) is 0.907. The SMILES string of the molecule is CC[C@@H](C(=O)Nc1ccncc1C)c1ccccc1. The van der Waals surface area contributed by atoms with Crippen LogP contribution in [0.5, 0.6) is 0 Å². The number of hydrogen-bond acceptors (Lipinski definition) is 2. The van der Waals surface area contributed by atoms with Crippen molar-refractivity contribution in [2.24, 2.45) is 0 Å². The normalized spacial score (nSPS) is 11.9. The van der Waals surface area contributed by atoms with Gasteiger partial charge in [-0.25, -0.2) is 0 Å². The van der Waals surface area contributed by atoms with Gasteiger partial charge in [0.05, 0.1) is 5.92 Å². The van der Waals surface area contributed by atoms with Crippen LogP contribution in [0.1, 0.15) is 30.4 Å². The van der Waals surface area contributed by atoms with E-state index in [1.54, 1.807) is 12.4 Å². The molecule has 2 rings (SSSR count). The molecule has 0 bridgehead atoms. The minimum atomic E-state index is -0.117. The lowest BCUT2D eigenvalue weighted by molar-refractivity contribution is -0.117. The average Bonchev–Trinajstić information content (AvgIpc) is 2.43. The number of anilines is 1. The van der Waals surface area contributed by atoms with Crippen molar-refractivity contribution in [2.75, 3.05) is 5.32 Å². The Labute approximate surface area is 113 Å². The van der Waals surface area contributed by atoms with Gasteiger partial charge in [-0.15, -0.1) is 0 Å². The molecule has 0 unspecified atom stereocenters. The van der Waals surface area contributed by atoms with Crippen LogP contribution in [0, 0.1) is 6.92 Å². The van der Waals surface area contributed by atoms with Crippen LogP contribution in [0.3, 0.4) is 0 Å². The Morgan fingerprint density at radius 3 is 2.63 bits per heavy atom. The van der Waals surface area contributed by atoms with E-state index in [2.05, 4.69) is 10.3 Å². The zero-order chi connectivity index (χ0) is 13.7. The van der Waals surface area contributed by atoms with E-state index in [0.717, 1.165) is 23.2 Å². The van der Waals surface area contributed by atoms with Gasteiger partial charge in [-0.05, 0) is 30.5 Å². The number of pyridine rings is 1. The minimum absolute atomic E-state index is 0.0306. The van der Waals surface area contributed by atoms with Crippen molar-refractivity contribution in [3.8, 4) is 0 Å². The van der Waals surface area contributed by atoms with Gasteiger partial charge in [-0.3, -0.25) is 9.78 Å². The van der Waals surface area contributed by atoms with Crippen LogP contribution in [0.15, 0.2) is 48.8 Å². The van der Waals surface area contributed by atoms with Gasteiger partial charge in [0.2, 0.25) is 5.91 Å². The number of benzene rings is 1. The smallest absolute Gasteiger partial charge is 0.231 e. The van der Waals surface area contributed by atoms with Crippen LogP contribution >= 0.6 is 0 Å². The summed E-state index contributed by atoms with van der Waals surface area (Å²) in [5.41, 5.74) is 2.85. The van der Waals surface area contributed by atoms with Crippen molar-refractivity contribution < 1.29 is 4.79 Å². The number of carbonyl (C=O) groups excluding carboxylic acids is 1. The molecule has 0 aliphatic carbocycles. The molecule has 0 fully saturated rings. The fraction of sp³-hybridized carbons (Fsp3) is 0.250. The van der Waals surface area contributed by atoms with E-state index in [1.807, 2.05) is 50.2 Å². The van der Waals surface area contributed by atoms with E-state index in [9.17, 15) is 4.79 Å². The van der Waals surface area contributed by atoms with Crippen LogP contribution in [-0.4, -0.2) is 10.9 Å². The number of aryl methyl sites for hydroxylation is 1. The van der Waals surface area contributed by atoms with Crippen LogP contribution in [0.4, 0.5) is 5.69 Å². The largest absolute Gasteiger partial charge is 0.325 e. The van der Waals surface area contributed by atoms with E-state index >= 15 is 0 Å². The summed E-state index contributed by atoms with van der Waals surface area (Å²) in [4.78, 5) is 16.4. The average molecular weight is 254 g/mol. The van der Waals surface area contributed by atoms with E-state index in [1.165, 1.54) is 0 Å². The summed E-state index contributed by atoms with van der Waals surface area (Å²) in [6.45, 7) is 3.96. The van der Waals surface area contributed by atoms with Gasteiger partial charge in [-0.1, -0.05) is 37.3 Å². The molecule has 1 heterocycles. The van der Waals surface area contributed by atoms with Crippen LogP contribution < -0.4 is 5.32 Å². The molecule has 0 saturated carbocycles. The third-order valence-electron chi connectivity index (χ3n) is 3.20. The second-order valence-corrected chi connectivity index (χ2v) is 4.55. The van der Waals surface area contributed by atoms with Crippen molar-refractivity contribution in [1.82, 2.24) is 4.98 Å². The Hall–Kier alpha value is -2.16. The summed E-state index contributed by atoms with van der Waals surface area (Å²) in [6, 6.07) is 11.7. The molecule has 1 N–H and O–H groups in total. The second-order valence-electron chi connectivity index (χ2n) is 4.55. The molecule has 0 radical (unpaired) electrons. The van der Waals surface area contributed by atoms with Crippen molar-refractivity contribution in [3.63, 3.8) is 0 Å². The number of rotatable bonds is 4. The predicted octanol–water partition coefficient (Wildman–Crippen LogP) is 3.52. The molecular formula is C16H18N2O. The monoisotopic (exact) mass is 254 g/mol. The number of aromatic nitrogens is 1. The van der Waals surface area contributed by atoms with E-state index in [4.69, 9.17) is 0 Å². The first-order chi connectivity index (χ1) is 9.22. The van der Waals surface area contributed by atoms with Crippen LogP contribution in [-0.2, 0) is 4.79 Å². The highest BCUT2D eigenvalue weighted by molar-refractivity contribution is 5.96. The van der Waals surface area contributed by atoms with E-state index < -0.39 is 0 Å². The summed E-state index contributed by atoms with van der Waals surface area (Å²) in [5.74, 6) is -0.0863. The van der Waals surface area contributed by atoms with Gasteiger partial charge < -0.3 is 5.32 Å². The number of carbonyl (C=O) groups is 1. The van der Waals surface area contributed by atoms with Gasteiger partial charge in [0.15, 0.2) is 0 Å². The van der Waals surface area contributed by atoms with Gasteiger partial charge in [0, 0.05) is 18.1 Å². The first-order valence-corrected chi connectivity index (χ1v) is 6.48. The first kappa shape index (κ1) is 13.3. The molecule has 98 valence electrons. The Balaban J connectivity index is 2.17. The molecule has 3 nitrogen and oxygen atoms in total. The molecule has 1 amide bonds. The molecule has 0 spiro atoms. The molecule has 19 heavy (non-hydrogen) atoms. The third kappa shape index (κ3) is 3.19. The molecule has 1 aromatic heterocycles. The van der Waals surface area contributed by atoms with Crippen molar-refractivity contribution in [1.29, 1.82) is 0 Å². The van der Waals surface area contributed by atoms with Gasteiger partial charge in [-0.2, -0.15) is 0 Å². The van der Waals surface area contributed by atoms with Crippen LogP contribution in [0.25, 0.3) is 0 Å². The van der Waals surface area contributed by atoms with Crippen molar-refractivity contribution in [3.05, 3.63) is 59.9 Å². The summed E-state index contributed by atoms with van der Waals surface area (Å²) in [6.07, 6.45) is 4.21. The Morgan fingerprint density at radius 2 is 2.00 bits per heavy atom. The fourth-order valence-electron chi connectivity index (χ4n) is 2.09. The molecule has 0 aliphatic heterocycles. The molecular weight excluding hydrogens is 236 g/mol. The van der Waals surface area contributed by atoms with E-state index in [-0.39, 0.29) is 11.8 Å². The highest BCUT2D eigenvalue weighted by Crippen LogP contribution is 2.22. The number of nitrogens with zero attached hydrogens (tertiary/aromatic N) is 1. The maximum atomic E-state index is 12.4. The topological polar surface area (TPSA) is 42.0 Å². The minimum Gasteiger partial charge on any atom is -0.325 e. The first-order valence-electron chi connectivity index (χ1n) is 6.48. The highest BCUT2D eigenvalue weighted by atomic mass is 16.1. The third-order valence-corrected chi connectivity index (χ3v) is 3.20. The molecule has 1 aromatic carbocycles. The highest BCUT2D eigenvalue weighted by Gasteiger charge is 2.18. The Bertz CT molecular complexity index is 552. The van der Waals surface area contributed by atoms with Gasteiger partial charge in [0.25, 0.3) is 0 Å². The summed E-state index contributed by atoms with van der Waals surface area (Å²) in [7, 11) is 0. The van der Waals surface area contributed by atoms with Crippen molar-refractivity contribution in [2.45, 2.75) is 26.2 Å². The number of amides is 1. The van der Waals surface area contributed by atoms with Gasteiger partial charge in [0.1, 0.15) is 0 Å². The summed E-state index contributed by atoms with van der Waals surface area (Å²) >= 11 is 0. The van der Waals surface area contributed by atoms with Gasteiger partial charge >= 0.3 is 0 Å². The zero-order valence-corrected chi connectivity index (χ0v) is 11.3. The van der Waals surface area contributed by atoms with Crippen molar-refractivity contribution >= 4 is 11.6 Å². The zero-order valence-electron chi connectivity index (χ0n) is 11.3. The lowest BCUT2D eigenvalue weighted by Gasteiger charge is -2.16. The lowest BCUT2D eigenvalue weighted by Crippen LogP contribution is -2.21. The lowest BCUT2D eigenvalue weighted by atomic mass is 9.95. The molecule has 3 heteroatoms. The molecule has 0 saturated heterocycles. The maximum absolute atomic E-state index is 12.4. The predicted molar refractivity (Wildman–Crippen MR) is 77.1 cm³/mol. The fourth-order valence-corrected chi connectivity index (χ4v) is 2.09. The number of nitrogens with one attached hydrogen (secondary N) is 1. The van der Waals surface area contributed by atoms with E-state index in [0.29, 0.717) is 0 Å². The molecule has 1 atom stereocenters. The standard InChI is InChI=1S/C16H18N2O/c1-3-14(13-7-5-4-6-8-13)16(19)18-15-9-10-17-11-12(15)2/h4-11,14H,3H2,1-2H3,(H,17,18,19)/t14-/m1/s1. The molecule has 0 aliphatic rings. The molecule has 2 aromatic rings. The Kier molecular flexibility index (Phi) is 4.29. The second kappa shape index (κ2) is 6.14. The summed E-state index contributed by atoms with van der Waals surface area (Å²) < 4.78 is 0. The van der Waals surface area contributed by atoms with Crippen LogP contribution in [0.2, 0.25) is 0 Å². The maximum Gasteiger partial charge on any atom is 0.231 e. The summed E-state index contributed by atoms with van der Waals surface area (Å²) in [5, 5.41) is 2.98. The Morgan fingerprint density at radius 1 is 1.26 bits per heavy atom. The number of hydrogen-bond donors (Lipinski definition) is 1.